The van der Waals surface area contributed by atoms with E-state index in [9.17, 15) is 0 Å². The first-order valence-corrected chi connectivity index (χ1v) is 5.13. The van der Waals surface area contributed by atoms with Crippen LogP contribution in [0.1, 0.15) is 5.56 Å². The van der Waals surface area contributed by atoms with Gasteiger partial charge in [-0.25, -0.2) is 0 Å². The molecule has 15 heavy (non-hydrogen) atoms. The van der Waals surface area contributed by atoms with E-state index in [1.165, 1.54) is 0 Å². The molecule has 1 aromatic carbocycles. The van der Waals surface area contributed by atoms with E-state index in [-0.39, 0.29) is 0 Å². The van der Waals surface area contributed by atoms with Crippen LogP contribution in [0.4, 0.5) is 5.82 Å². The third kappa shape index (κ3) is 2.43. The van der Waals surface area contributed by atoms with Crippen LogP contribution in [-0.4, -0.2) is 9.78 Å². The van der Waals surface area contributed by atoms with Crippen molar-refractivity contribution < 1.29 is 0 Å². The molecule has 0 bridgehead atoms. The summed E-state index contributed by atoms with van der Waals surface area (Å²) in [4.78, 5) is 0. The van der Waals surface area contributed by atoms with Crippen molar-refractivity contribution in [2.75, 3.05) is 5.73 Å². The first-order chi connectivity index (χ1) is 7.15. The highest BCUT2D eigenvalue weighted by Crippen LogP contribution is 2.21. The Balaban J connectivity index is 2.27. The molecular weight excluding hydrogens is 233 g/mol. The van der Waals surface area contributed by atoms with Gasteiger partial charge in [0, 0.05) is 16.2 Å². The number of nitrogens with zero attached hydrogens (tertiary/aromatic N) is 2. The van der Waals surface area contributed by atoms with Crippen LogP contribution in [0, 0.1) is 0 Å². The monoisotopic (exact) mass is 241 g/mol. The van der Waals surface area contributed by atoms with Crippen LogP contribution < -0.4 is 5.73 Å². The Labute approximate surface area is 97.4 Å². The number of hydrogen-bond acceptors (Lipinski definition) is 2. The molecule has 0 fully saturated rings. The molecule has 2 rings (SSSR count). The predicted molar refractivity (Wildman–Crippen MR) is 62.2 cm³/mol. The maximum atomic E-state index is 6.02. The van der Waals surface area contributed by atoms with E-state index in [1.54, 1.807) is 29.1 Å². The van der Waals surface area contributed by atoms with E-state index in [2.05, 4.69) is 5.10 Å². The molecule has 78 valence electrons. The van der Waals surface area contributed by atoms with Gasteiger partial charge in [0.2, 0.25) is 0 Å². The molecule has 2 N–H and O–H groups in total. The van der Waals surface area contributed by atoms with Crippen LogP contribution in [-0.2, 0) is 6.54 Å². The standard InChI is InChI=1S/C10H9Cl2N3/c11-8-1-2-9(12)7(5-8)6-15-4-3-10(13)14-15/h1-5H,6H2,(H2,13,14). The summed E-state index contributed by atoms with van der Waals surface area (Å²) < 4.78 is 1.72. The van der Waals surface area contributed by atoms with Gasteiger partial charge in [0.05, 0.1) is 6.54 Å². The maximum absolute atomic E-state index is 6.02. The Morgan fingerprint density at radius 3 is 2.73 bits per heavy atom. The van der Waals surface area contributed by atoms with E-state index >= 15 is 0 Å². The summed E-state index contributed by atoms with van der Waals surface area (Å²) in [5, 5.41) is 5.41. The summed E-state index contributed by atoms with van der Waals surface area (Å²) in [6.45, 7) is 0.566. The van der Waals surface area contributed by atoms with Crippen molar-refractivity contribution in [1.29, 1.82) is 0 Å². The van der Waals surface area contributed by atoms with E-state index in [0.717, 1.165) is 5.56 Å². The minimum atomic E-state index is 0.494. The van der Waals surface area contributed by atoms with Crippen molar-refractivity contribution in [2.45, 2.75) is 6.54 Å². The van der Waals surface area contributed by atoms with E-state index in [1.807, 2.05) is 6.07 Å². The summed E-state index contributed by atoms with van der Waals surface area (Å²) in [6.07, 6.45) is 1.80. The molecular formula is C10H9Cl2N3. The zero-order valence-electron chi connectivity index (χ0n) is 7.82. The van der Waals surface area contributed by atoms with Gasteiger partial charge in [0.1, 0.15) is 5.82 Å². The van der Waals surface area contributed by atoms with E-state index in [4.69, 9.17) is 28.9 Å². The number of anilines is 1. The van der Waals surface area contributed by atoms with Gasteiger partial charge in [-0.05, 0) is 29.8 Å². The fraction of sp³-hybridized carbons (Fsp3) is 0.100. The second kappa shape index (κ2) is 4.13. The van der Waals surface area contributed by atoms with Crippen molar-refractivity contribution in [3.8, 4) is 0 Å². The molecule has 0 aliphatic heterocycles. The average Bonchev–Trinajstić information content (AvgIpc) is 2.58. The first kappa shape index (κ1) is 10.3. The van der Waals surface area contributed by atoms with Crippen molar-refractivity contribution >= 4 is 29.0 Å². The predicted octanol–water partition coefficient (Wildman–Crippen LogP) is 2.82. The van der Waals surface area contributed by atoms with Gasteiger partial charge in [-0.1, -0.05) is 23.2 Å². The summed E-state index contributed by atoms with van der Waals surface area (Å²) in [5.41, 5.74) is 6.43. The summed E-state index contributed by atoms with van der Waals surface area (Å²) in [5.74, 6) is 0.494. The fourth-order valence-electron chi connectivity index (χ4n) is 1.30. The smallest absolute Gasteiger partial charge is 0.145 e. The average molecular weight is 242 g/mol. The lowest BCUT2D eigenvalue weighted by Gasteiger charge is -2.04. The maximum Gasteiger partial charge on any atom is 0.145 e. The van der Waals surface area contributed by atoms with Gasteiger partial charge in [-0.3, -0.25) is 4.68 Å². The molecule has 2 aromatic rings. The molecule has 0 saturated heterocycles. The van der Waals surface area contributed by atoms with Crippen LogP contribution in [0.2, 0.25) is 10.0 Å². The molecule has 0 aliphatic carbocycles. The van der Waals surface area contributed by atoms with Gasteiger partial charge >= 0.3 is 0 Å². The van der Waals surface area contributed by atoms with Crippen molar-refractivity contribution in [1.82, 2.24) is 9.78 Å². The number of rotatable bonds is 2. The van der Waals surface area contributed by atoms with Crippen LogP contribution in [0.15, 0.2) is 30.5 Å². The highest BCUT2D eigenvalue weighted by molar-refractivity contribution is 6.33. The quantitative estimate of drug-likeness (QED) is 0.879. The highest BCUT2D eigenvalue weighted by atomic mass is 35.5. The van der Waals surface area contributed by atoms with Crippen LogP contribution in [0.5, 0.6) is 0 Å². The lowest BCUT2D eigenvalue weighted by molar-refractivity contribution is 0.690. The summed E-state index contributed by atoms with van der Waals surface area (Å²) in [6, 6.07) is 7.08. The molecule has 1 aromatic heterocycles. The third-order valence-electron chi connectivity index (χ3n) is 2.00. The van der Waals surface area contributed by atoms with Crippen LogP contribution in [0.25, 0.3) is 0 Å². The molecule has 3 nitrogen and oxygen atoms in total. The molecule has 0 saturated carbocycles. The number of halogens is 2. The minimum absolute atomic E-state index is 0.494. The summed E-state index contributed by atoms with van der Waals surface area (Å²) in [7, 11) is 0. The Hall–Kier alpha value is -1.19. The van der Waals surface area contributed by atoms with E-state index < -0.39 is 0 Å². The topological polar surface area (TPSA) is 43.8 Å². The lowest BCUT2D eigenvalue weighted by Crippen LogP contribution is -2.01. The highest BCUT2D eigenvalue weighted by Gasteiger charge is 2.03. The normalized spacial score (nSPS) is 10.5. The second-order valence-corrected chi connectivity index (χ2v) is 4.02. The molecule has 1 heterocycles. The molecule has 5 heteroatoms. The molecule has 0 amide bonds. The molecule has 0 unspecified atom stereocenters. The molecule has 0 atom stereocenters. The van der Waals surface area contributed by atoms with Gasteiger partial charge in [0.25, 0.3) is 0 Å². The Morgan fingerprint density at radius 1 is 1.27 bits per heavy atom. The third-order valence-corrected chi connectivity index (χ3v) is 2.61. The Bertz CT molecular complexity index is 479. The zero-order chi connectivity index (χ0) is 10.8. The number of nitrogen functional groups attached to an aromatic ring is 1. The number of aromatic nitrogens is 2. The van der Waals surface area contributed by atoms with Crippen LogP contribution in [0.3, 0.4) is 0 Å². The second-order valence-electron chi connectivity index (χ2n) is 3.17. The number of hydrogen-bond donors (Lipinski definition) is 1. The van der Waals surface area contributed by atoms with Gasteiger partial charge < -0.3 is 5.73 Å². The number of nitrogens with two attached hydrogens (primary N) is 1. The molecule has 0 radical (unpaired) electrons. The van der Waals surface area contributed by atoms with Crippen LogP contribution >= 0.6 is 23.2 Å². The molecule has 0 spiro atoms. The summed E-state index contributed by atoms with van der Waals surface area (Å²) >= 11 is 11.9. The van der Waals surface area contributed by atoms with E-state index in [0.29, 0.717) is 22.4 Å². The van der Waals surface area contributed by atoms with Gasteiger partial charge in [-0.15, -0.1) is 0 Å². The Kier molecular flexibility index (Phi) is 2.84. The van der Waals surface area contributed by atoms with Crippen molar-refractivity contribution in [2.24, 2.45) is 0 Å². The molecule has 0 aliphatic rings. The lowest BCUT2D eigenvalue weighted by atomic mass is 10.2. The van der Waals surface area contributed by atoms with Gasteiger partial charge in [-0.2, -0.15) is 5.10 Å². The Morgan fingerprint density at radius 2 is 2.07 bits per heavy atom. The van der Waals surface area contributed by atoms with Crippen molar-refractivity contribution in [3.63, 3.8) is 0 Å². The largest absolute Gasteiger partial charge is 0.382 e. The van der Waals surface area contributed by atoms with Gasteiger partial charge in [0.15, 0.2) is 0 Å². The van der Waals surface area contributed by atoms with Crippen molar-refractivity contribution in [3.05, 3.63) is 46.1 Å². The fourth-order valence-corrected chi connectivity index (χ4v) is 1.68. The SMILES string of the molecule is Nc1ccn(Cc2cc(Cl)ccc2Cl)n1. The zero-order valence-corrected chi connectivity index (χ0v) is 9.33. The number of benzene rings is 1. The first-order valence-electron chi connectivity index (χ1n) is 4.38. The minimum Gasteiger partial charge on any atom is -0.382 e.